The maximum absolute atomic E-state index is 14.7. The van der Waals surface area contributed by atoms with Gasteiger partial charge in [0.05, 0.1) is 29.1 Å². The van der Waals surface area contributed by atoms with Crippen LogP contribution in [0.15, 0.2) is 59.9 Å². The molecule has 0 fully saturated rings. The molecule has 0 saturated carbocycles. The van der Waals surface area contributed by atoms with Crippen molar-refractivity contribution in [3.8, 4) is 22.8 Å². The van der Waals surface area contributed by atoms with Gasteiger partial charge in [-0.3, -0.25) is 14.5 Å². The quantitative estimate of drug-likeness (QED) is 0.469. The van der Waals surface area contributed by atoms with Gasteiger partial charge in [-0.2, -0.15) is 0 Å². The number of hydrogen-bond donors (Lipinski definition) is 0. The Labute approximate surface area is 180 Å². The molecular weight excluding hydrogens is 424 g/mol. The molecule has 2 aromatic carbocycles. The predicted molar refractivity (Wildman–Crippen MR) is 112 cm³/mol. The summed E-state index contributed by atoms with van der Waals surface area (Å²) in [6.07, 6.45) is 3.31. The van der Waals surface area contributed by atoms with Gasteiger partial charge in [-0.15, -0.1) is 10.2 Å². The third-order valence-electron chi connectivity index (χ3n) is 5.01. The lowest BCUT2D eigenvalue weighted by Crippen LogP contribution is -2.13. The number of aliphatic imine (C=N–C) groups is 1. The summed E-state index contributed by atoms with van der Waals surface area (Å²) in [5.74, 6) is -0.129. The molecule has 1 aliphatic rings. The van der Waals surface area contributed by atoms with Crippen molar-refractivity contribution in [3.63, 3.8) is 0 Å². The topological polar surface area (TPSA) is 65.2 Å². The molecule has 0 radical (unpaired) electrons. The van der Waals surface area contributed by atoms with Crippen molar-refractivity contribution in [3.05, 3.63) is 88.5 Å². The molecule has 0 saturated heterocycles. The Hall–Kier alpha value is -3.65. The smallest absolute Gasteiger partial charge is 0.170 e. The summed E-state index contributed by atoms with van der Waals surface area (Å²) < 4.78 is 36.6. The van der Waals surface area contributed by atoms with Crippen LogP contribution in [-0.2, 0) is 6.54 Å². The molecule has 9 heteroatoms. The van der Waals surface area contributed by atoms with Crippen LogP contribution in [0.4, 0.5) is 8.78 Å². The van der Waals surface area contributed by atoms with Gasteiger partial charge in [0.2, 0.25) is 0 Å². The number of ether oxygens (including phenoxy) is 1. The summed E-state index contributed by atoms with van der Waals surface area (Å²) in [6.45, 7) is 0.0453. The summed E-state index contributed by atoms with van der Waals surface area (Å²) >= 11 is 6.66. The van der Waals surface area contributed by atoms with Gasteiger partial charge < -0.3 is 4.74 Å². The summed E-state index contributed by atoms with van der Waals surface area (Å²) in [4.78, 5) is 8.64. The van der Waals surface area contributed by atoms with Crippen LogP contribution in [0.25, 0.3) is 17.1 Å². The van der Waals surface area contributed by atoms with Crippen LogP contribution in [-0.4, -0.2) is 32.6 Å². The third-order valence-corrected chi connectivity index (χ3v) is 5.39. The Kier molecular flexibility index (Phi) is 4.71. The van der Waals surface area contributed by atoms with E-state index >= 15 is 0 Å². The number of aromatic nitrogens is 4. The molecule has 5 rings (SSSR count). The summed E-state index contributed by atoms with van der Waals surface area (Å²) in [5.41, 5.74) is 1.40. The minimum atomic E-state index is -0.742. The second kappa shape index (κ2) is 7.55. The average Bonchev–Trinajstić information content (AvgIpc) is 3.13. The van der Waals surface area contributed by atoms with E-state index in [1.165, 1.54) is 25.3 Å². The fraction of sp³-hybridized carbons (Fsp3) is 0.0909. The van der Waals surface area contributed by atoms with Crippen molar-refractivity contribution in [2.24, 2.45) is 4.99 Å². The first kappa shape index (κ1) is 19.3. The van der Waals surface area contributed by atoms with Gasteiger partial charge in [0.25, 0.3) is 0 Å². The number of benzene rings is 2. The maximum atomic E-state index is 14.7. The first-order chi connectivity index (χ1) is 15.1. The van der Waals surface area contributed by atoms with E-state index in [1.54, 1.807) is 35.2 Å². The number of rotatable bonds is 3. The molecule has 0 bridgehead atoms. The third kappa shape index (κ3) is 3.07. The molecule has 31 heavy (non-hydrogen) atoms. The van der Waals surface area contributed by atoms with Crippen LogP contribution in [0, 0.1) is 11.6 Å². The van der Waals surface area contributed by atoms with Crippen LogP contribution >= 0.6 is 11.6 Å². The Morgan fingerprint density at radius 3 is 2.52 bits per heavy atom. The van der Waals surface area contributed by atoms with E-state index in [9.17, 15) is 8.78 Å². The van der Waals surface area contributed by atoms with Crippen molar-refractivity contribution in [2.75, 3.05) is 7.11 Å². The monoisotopic (exact) mass is 437 g/mol. The SMILES string of the molecule is COc1ccc2c(c1Cl)C(c1c(F)cccc1F)=NCc1nnc(-c3cccnc3)n1-2. The molecule has 0 N–H and O–H groups in total. The lowest BCUT2D eigenvalue weighted by atomic mass is 9.98. The highest BCUT2D eigenvalue weighted by Crippen LogP contribution is 2.38. The number of halogens is 3. The number of hydrogen-bond acceptors (Lipinski definition) is 5. The van der Waals surface area contributed by atoms with Crippen molar-refractivity contribution in [1.29, 1.82) is 0 Å². The van der Waals surface area contributed by atoms with Gasteiger partial charge in [0, 0.05) is 23.5 Å². The zero-order chi connectivity index (χ0) is 21.5. The first-order valence-corrected chi connectivity index (χ1v) is 9.68. The van der Waals surface area contributed by atoms with E-state index in [1.807, 2.05) is 6.07 Å². The van der Waals surface area contributed by atoms with E-state index in [0.29, 0.717) is 28.6 Å². The molecule has 3 heterocycles. The highest BCUT2D eigenvalue weighted by molar-refractivity contribution is 6.37. The number of nitrogens with zero attached hydrogens (tertiary/aromatic N) is 5. The van der Waals surface area contributed by atoms with Gasteiger partial charge in [-0.05, 0) is 36.4 Å². The van der Waals surface area contributed by atoms with Crippen molar-refractivity contribution in [2.45, 2.75) is 6.54 Å². The fourth-order valence-electron chi connectivity index (χ4n) is 3.63. The van der Waals surface area contributed by atoms with Gasteiger partial charge >= 0.3 is 0 Å². The van der Waals surface area contributed by atoms with E-state index in [0.717, 1.165) is 5.56 Å². The molecule has 0 aliphatic carbocycles. The van der Waals surface area contributed by atoms with Crippen LogP contribution < -0.4 is 4.74 Å². The molecule has 0 amide bonds. The highest BCUT2D eigenvalue weighted by Gasteiger charge is 2.29. The van der Waals surface area contributed by atoms with Gasteiger partial charge in [-0.25, -0.2) is 8.78 Å². The normalized spacial score (nSPS) is 12.6. The first-order valence-electron chi connectivity index (χ1n) is 9.31. The predicted octanol–water partition coefficient (Wildman–Crippen LogP) is 4.62. The van der Waals surface area contributed by atoms with E-state index in [-0.39, 0.29) is 22.8 Å². The zero-order valence-electron chi connectivity index (χ0n) is 16.2. The Morgan fingerprint density at radius 1 is 1.00 bits per heavy atom. The van der Waals surface area contributed by atoms with Crippen LogP contribution in [0.5, 0.6) is 5.75 Å². The van der Waals surface area contributed by atoms with Gasteiger partial charge in [-0.1, -0.05) is 17.7 Å². The summed E-state index contributed by atoms with van der Waals surface area (Å²) in [7, 11) is 1.47. The molecule has 1 aliphatic heterocycles. The second-order valence-corrected chi connectivity index (χ2v) is 7.13. The van der Waals surface area contributed by atoms with Crippen LogP contribution in [0.2, 0.25) is 5.02 Å². The molecule has 0 unspecified atom stereocenters. The van der Waals surface area contributed by atoms with Crippen molar-refractivity contribution < 1.29 is 13.5 Å². The summed E-state index contributed by atoms with van der Waals surface area (Å²) in [5, 5.41) is 8.73. The fourth-order valence-corrected chi connectivity index (χ4v) is 3.95. The molecule has 0 atom stereocenters. The summed E-state index contributed by atoms with van der Waals surface area (Å²) in [6, 6.07) is 10.7. The van der Waals surface area contributed by atoms with Crippen molar-refractivity contribution >= 4 is 17.3 Å². The van der Waals surface area contributed by atoms with Crippen LogP contribution in [0.1, 0.15) is 17.0 Å². The number of methoxy groups -OCH3 is 1. The molecule has 6 nitrogen and oxygen atoms in total. The van der Waals surface area contributed by atoms with Gasteiger partial charge in [0.15, 0.2) is 11.6 Å². The van der Waals surface area contributed by atoms with Crippen LogP contribution in [0.3, 0.4) is 0 Å². The van der Waals surface area contributed by atoms with E-state index in [4.69, 9.17) is 16.3 Å². The van der Waals surface area contributed by atoms with E-state index < -0.39 is 11.6 Å². The maximum Gasteiger partial charge on any atom is 0.170 e. The number of fused-ring (bicyclic) bond motifs is 3. The minimum absolute atomic E-state index is 0.0453. The lowest BCUT2D eigenvalue weighted by Gasteiger charge is -2.17. The largest absolute Gasteiger partial charge is 0.495 e. The molecule has 2 aromatic heterocycles. The Balaban J connectivity index is 1.84. The highest BCUT2D eigenvalue weighted by atomic mass is 35.5. The second-order valence-electron chi connectivity index (χ2n) is 6.75. The molecular formula is C22H14ClF2N5O. The minimum Gasteiger partial charge on any atom is -0.495 e. The Bertz CT molecular complexity index is 1320. The van der Waals surface area contributed by atoms with Gasteiger partial charge in [0.1, 0.15) is 23.9 Å². The number of pyridine rings is 1. The molecule has 4 aromatic rings. The molecule has 154 valence electrons. The average molecular weight is 438 g/mol. The zero-order valence-corrected chi connectivity index (χ0v) is 16.9. The van der Waals surface area contributed by atoms with Crippen molar-refractivity contribution in [1.82, 2.24) is 19.7 Å². The molecule has 0 spiro atoms. The standard InChI is InChI=1S/C22H14ClF2N5O/c1-31-16-8-7-15-19(20(16)23)21(18-13(24)5-2-6-14(18)25)27-11-17-28-29-22(30(15)17)12-4-3-9-26-10-12/h2-10H,11H2,1H3. The van der Waals surface area contributed by atoms with E-state index in [2.05, 4.69) is 20.2 Å². The lowest BCUT2D eigenvalue weighted by molar-refractivity contribution is 0.415. The Morgan fingerprint density at radius 2 is 1.81 bits per heavy atom.